The topological polar surface area (TPSA) is 54.9 Å². The maximum Gasteiger partial charge on any atom is 0.329 e. The minimum Gasteiger partial charge on any atom is -0.297 e. The molecule has 106 valence electrons. The van der Waals surface area contributed by atoms with E-state index in [1.807, 2.05) is 13.8 Å². The third kappa shape index (κ3) is 2.97. The zero-order valence-corrected chi connectivity index (χ0v) is 12.6. The van der Waals surface area contributed by atoms with Gasteiger partial charge in [-0.3, -0.25) is 14.3 Å². The molecular weight excluding hydrogens is 299 g/mol. The summed E-state index contributed by atoms with van der Waals surface area (Å²) in [6.45, 7) is 3.89. The van der Waals surface area contributed by atoms with Crippen molar-refractivity contribution < 1.29 is 0 Å². The van der Waals surface area contributed by atoms with Crippen molar-refractivity contribution in [1.82, 2.24) is 9.55 Å². The summed E-state index contributed by atoms with van der Waals surface area (Å²) in [6.07, 6.45) is 0. The molecule has 0 atom stereocenters. The number of rotatable bonds is 3. The molecule has 0 spiro atoms. The van der Waals surface area contributed by atoms with Gasteiger partial charge in [-0.1, -0.05) is 49.2 Å². The second-order valence-corrected chi connectivity index (χ2v) is 5.64. The Balaban J connectivity index is 2.52. The SMILES string of the molecule is CC(C)c1c(Cl)[nH]c(=O)n(Cc2ccc(Cl)cc2)c1=O. The van der Waals surface area contributed by atoms with Crippen LogP contribution in [-0.4, -0.2) is 9.55 Å². The molecule has 0 saturated heterocycles. The van der Waals surface area contributed by atoms with Gasteiger partial charge in [-0.25, -0.2) is 4.79 Å². The first-order valence-corrected chi connectivity index (χ1v) is 6.92. The van der Waals surface area contributed by atoms with Crippen molar-refractivity contribution in [2.75, 3.05) is 0 Å². The van der Waals surface area contributed by atoms with Gasteiger partial charge in [0.2, 0.25) is 0 Å². The summed E-state index contributed by atoms with van der Waals surface area (Å²) < 4.78 is 1.14. The van der Waals surface area contributed by atoms with Crippen LogP contribution >= 0.6 is 23.2 Å². The highest BCUT2D eigenvalue weighted by atomic mass is 35.5. The summed E-state index contributed by atoms with van der Waals surface area (Å²) in [5.41, 5.74) is 0.363. The van der Waals surface area contributed by atoms with Crippen molar-refractivity contribution in [2.45, 2.75) is 26.3 Å². The van der Waals surface area contributed by atoms with E-state index in [2.05, 4.69) is 4.98 Å². The van der Waals surface area contributed by atoms with E-state index in [0.717, 1.165) is 10.1 Å². The molecule has 0 aliphatic heterocycles. The molecule has 4 nitrogen and oxygen atoms in total. The standard InChI is InChI=1S/C14H14Cl2N2O2/c1-8(2)11-12(16)17-14(20)18(13(11)19)7-9-3-5-10(15)6-4-9/h3-6,8H,7H2,1-2H3,(H,17,20). The Labute approximate surface area is 126 Å². The van der Waals surface area contributed by atoms with Crippen LogP contribution in [0.15, 0.2) is 33.9 Å². The minimum absolute atomic E-state index is 0.0664. The largest absolute Gasteiger partial charge is 0.329 e. The van der Waals surface area contributed by atoms with Crippen LogP contribution in [0.2, 0.25) is 10.2 Å². The Hall–Kier alpha value is -1.52. The van der Waals surface area contributed by atoms with Crippen LogP contribution in [0, 0.1) is 0 Å². The van der Waals surface area contributed by atoms with E-state index in [4.69, 9.17) is 23.2 Å². The fourth-order valence-electron chi connectivity index (χ4n) is 1.98. The Bertz CT molecular complexity index is 730. The fourth-order valence-corrected chi connectivity index (χ4v) is 2.48. The fraction of sp³-hybridized carbons (Fsp3) is 0.286. The van der Waals surface area contributed by atoms with Crippen LogP contribution in [0.1, 0.15) is 30.9 Å². The van der Waals surface area contributed by atoms with Crippen molar-refractivity contribution >= 4 is 23.2 Å². The zero-order valence-electron chi connectivity index (χ0n) is 11.1. The monoisotopic (exact) mass is 312 g/mol. The third-order valence-corrected chi connectivity index (χ3v) is 3.56. The lowest BCUT2D eigenvalue weighted by molar-refractivity contribution is 0.670. The summed E-state index contributed by atoms with van der Waals surface area (Å²) in [5, 5.41) is 0.719. The molecule has 2 rings (SSSR count). The maximum atomic E-state index is 12.4. The van der Waals surface area contributed by atoms with Gasteiger partial charge in [-0.15, -0.1) is 0 Å². The average molecular weight is 313 g/mol. The molecule has 0 radical (unpaired) electrons. The number of hydrogen-bond donors (Lipinski definition) is 1. The van der Waals surface area contributed by atoms with Gasteiger partial charge in [0.1, 0.15) is 5.15 Å². The lowest BCUT2D eigenvalue weighted by Gasteiger charge is -2.11. The number of hydrogen-bond acceptors (Lipinski definition) is 2. The highest BCUT2D eigenvalue weighted by Gasteiger charge is 2.15. The second-order valence-electron chi connectivity index (χ2n) is 4.83. The predicted molar refractivity (Wildman–Crippen MR) is 81.0 cm³/mol. The molecule has 20 heavy (non-hydrogen) atoms. The Kier molecular flexibility index (Phi) is 4.35. The molecule has 0 aliphatic rings. The smallest absolute Gasteiger partial charge is 0.297 e. The summed E-state index contributed by atoms with van der Waals surface area (Å²) in [4.78, 5) is 26.8. The Morgan fingerprint density at radius 1 is 1.15 bits per heavy atom. The normalized spacial score (nSPS) is 11.1. The molecule has 1 aromatic heterocycles. The summed E-state index contributed by atoms with van der Waals surface area (Å²) in [7, 11) is 0. The van der Waals surface area contributed by atoms with E-state index >= 15 is 0 Å². The molecule has 0 bridgehead atoms. The van der Waals surface area contributed by atoms with Gasteiger partial charge in [-0.2, -0.15) is 0 Å². The lowest BCUT2D eigenvalue weighted by atomic mass is 10.1. The van der Waals surface area contributed by atoms with Crippen LogP contribution in [0.4, 0.5) is 0 Å². The van der Waals surface area contributed by atoms with Gasteiger partial charge in [0.25, 0.3) is 5.56 Å². The Morgan fingerprint density at radius 2 is 1.75 bits per heavy atom. The molecule has 0 unspecified atom stereocenters. The van der Waals surface area contributed by atoms with Crippen molar-refractivity contribution in [3.8, 4) is 0 Å². The number of aromatic amines is 1. The van der Waals surface area contributed by atoms with Crippen molar-refractivity contribution in [3.63, 3.8) is 0 Å². The first-order chi connectivity index (χ1) is 9.40. The lowest BCUT2D eigenvalue weighted by Crippen LogP contribution is -2.38. The number of nitrogens with one attached hydrogen (secondary N) is 1. The predicted octanol–water partition coefficient (Wildman–Crippen LogP) is 3.02. The van der Waals surface area contributed by atoms with Crippen LogP contribution in [-0.2, 0) is 6.54 Å². The van der Waals surface area contributed by atoms with Gasteiger partial charge in [0.05, 0.1) is 12.1 Å². The zero-order chi connectivity index (χ0) is 14.9. The van der Waals surface area contributed by atoms with E-state index in [1.54, 1.807) is 24.3 Å². The minimum atomic E-state index is -0.514. The molecule has 0 saturated carbocycles. The summed E-state index contributed by atoms with van der Waals surface area (Å²) >= 11 is 11.8. The first kappa shape index (κ1) is 14.9. The van der Waals surface area contributed by atoms with E-state index in [1.165, 1.54) is 0 Å². The third-order valence-electron chi connectivity index (χ3n) is 3.01. The number of aromatic nitrogens is 2. The van der Waals surface area contributed by atoms with E-state index in [0.29, 0.717) is 10.6 Å². The molecule has 1 N–H and O–H groups in total. The van der Waals surface area contributed by atoms with Crippen molar-refractivity contribution in [2.24, 2.45) is 0 Å². The number of nitrogens with zero attached hydrogens (tertiary/aromatic N) is 1. The van der Waals surface area contributed by atoms with E-state index in [-0.39, 0.29) is 23.2 Å². The van der Waals surface area contributed by atoms with Gasteiger partial charge >= 0.3 is 5.69 Å². The number of halogens is 2. The quantitative estimate of drug-likeness (QED) is 0.886. The molecule has 1 aromatic carbocycles. The van der Waals surface area contributed by atoms with Gasteiger partial charge < -0.3 is 0 Å². The van der Waals surface area contributed by atoms with Crippen LogP contribution < -0.4 is 11.2 Å². The molecule has 2 aromatic rings. The van der Waals surface area contributed by atoms with Crippen LogP contribution in [0.5, 0.6) is 0 Å². The Morgan fingerprint density at radius 3 is 2.30 bits per heavy atom. The number of benzene rings is 1. The molecule has 0 fully saturated rings. The number of H-pyrrole nitrogens is 1. The van der Waals surface area contributed by atoms with Crippen molar-refractivity contribution in [3.05, 3.63) is 66.4 Å². The van der Waals surface area contributed by atoms with Gasteiger partial charge in [0.15, 0.2) is 0 Å². The molecule has 0 aliphatic carbocycles. The molecule has 6 heteroatoms. The van der Waals surface area contributed by atoms with Crippen LogP contribution in [0.3, 0.4) is 0 Å². The van der Waals surface area contributed by atoms with Gasteiger partial charge in [-0.05, 0) is 23.6 Å². The second kappa shape index (κ2) is 5.85. The molecular formula is C14H14Cl2N2O2. The van der Waals surface area contributed by atoms with Crippen molar-refractivity contribution in [1.29, 1.82) is 0 Å². The van der Waals surface area contributed by atoms with E-state index < -0.39 is 5.69 Å². The highest BCUT2D eigenvalue weighted by Crippen LogP contribution is 2.16. The van der Waals surface area contributed by atoms with E-state index in [9.17, 15) is 9.59 Å². The van der Waals surface area contributed by atoms with Crippen LogP contribution in [0.25, 0.3) is 0 Å². The summed E-state index contributed by atoms with van der Waals surface area (Å²) in [5.74, 6) is -0.0664. The highest BCUT2D eigenvalue weighted by molar-refractivity contribution is 6.30. The molecule has 0 amide bonds. The first-order valence-electron chi connectivity index (χ1n) is 6.17. The average Bonchev–Trinajstić information content (AvgIpc) is 2.36. The summed E-state index contributed by atoms with van der Waals surface area (Å²) in [6, 6.07) is 6.99. The maximum absolute atomic E-state index is 12.4. The van der Waals surface area contributed by atoms with Gasteiger partial charge in [0, 0.05) is 5.02 Å². The molecule has 1 heterocycles.